The number of carbonyl (C=O) groups excluding carboxylic acids is 2. The van der Waals surface area contributed by atoms with E-state index in [0.717, 1.165) is 24.3 Å². The third-order valence-electron chi connectivity index (χ3n) is 4.64. The normalized spacial score (nSPS) is 21.6. The van der Waals surface area contributed by atoms with Crippen molar-refractivity contribution in [2.75, 3.05) is 31.8 Å². The zero-order valence-corrected chi connectivity index (χ0v) is 15.4. The van der Waals surface area contributed by atoms with Crippen LogP contribution in [0.4, 0.5) is 5.13 Å². The zero-order valence-electron chi connectivity index (χ0n) is 14.6. The van der Waals surface area contributed by atoms with Crippen molar-refractivity contribution in [2.45, 2.75) is 44.8 Å². The minimum absolute atomic E-state index is 0.0523. The molecule has 8 nitrogen and oxygen atoms in total. The minimum Gasteiger partial charge on any atom is -0.385 e. The fourth-order valence-corrected chi connectivity index (χ4v) is 3.72. The molecule has 2 heterocycles. The van der Waals surface area contributed by atoms with Gasteiger partial charge in [-0.1, -0.05) is 11.3 Å². The molecule has 1 unspecified atom stereocenters. The summed E-state index contributed by atoms with van der Waals surface area (Å²) in [6, 6.07) is 0. The van der Waals surface area contributed by atoms with Gasteiger partial charge in [-0.2, -0.15) is 0 Å². The maximum Gasteiger partial charge on any atom is 0.229 e. The third kappa shape index (κ3) is 4.34. The molecule has 0 aromatic carbocycles. The van der Waals surface area contributed by atoms with E-state index < -0.39 is 0 Å². The average Bonchev–Trinajstić information content (AvgIpc) is 3.02. The number of hydrogen-bond acceptors (Lipinski definition) is 7. The third-order valence-corrected chi connectivity index (χ3v) is 5.56. The van der Waals surface area contributed by atoms with E-state index in [0.29, 0.717) is 31.5 Å². The number of nitrogens with one attached hydrogen (secondary N) is 1. The second-order valence-electron chi connectivity index (χ2n) is 6.53. The number of anilines is 1. The summed E-state index contributed by atoms with van der Waals surface area (Å²) in [7, 11) is 1.66. The zero-order chi connectivity index (χ0) is 17.9. The van der Waals surface area contributed by atoms with Crippen molar-refractivity contribution >= 4 is 28.3 Å². The van der Waals surface area contributed by atoms with E-state index in [1.54, 1.807) is 12.0 Å². The molecule has 2 aliphatic rings. The summed E-state index contributed by atoms with van der Waals surface area (Å²) in [5.74, 6) is -0.476. The Bertz CT molecular complexity index is 631. The molecule has 3 rings (SSSR count). The Labute approximate surface area is 150 Å². The Kier molecular flexibility index (Phi) is 5.65. The van der Waals surface area contributed by atoms with Crippen molar-refractivity contribution in [3.63, 3.8) is 0 Å². The number of hydrogen-bond donors (Lipinski definition) is 1. The molecule has 138 valence electrons. The molecule has 0 bridgehead atoms. The van der Waals surface area contributed by atoms with Crippen LogP contribution in [0.25, 0.3) is 0 Å². The highest BCUT2D eigenvalue weighted by Gasteiger charge is 2.46. The summed E-state index contributed by atoms with van der Waals surface area (Å²) in [5, 5.41) is 12.5. The van der Waals surface area contributed by atoms with Gasteiger partial charge in [0.1, 0.15) is 11.6 Å². The summed E-state index contributed by atoms with van der Waals surface area (Å²) in [4.78, 5) is 26.4. The summed E-state index contributed by atoms with van der Waals surface area (Å²) in [6.07, 6.45) is 2.98. The van der Waals surface area contributed by atoms with E-state index in [4.69, 9.17) is 9.47 Å². The van der Waals surface area contributed by atoms with Crippen molar-refractivity contribution in [2.24, 2.45) is 5.92 Å². The van der Waals surface area contributed by atoms with Crippen LogP contribution in [-0.4, -0.2) is 54.4 Å². The summed E-state index contributed by atoms with van der Waals surface area (Å²) in [6.45, 7) is 3.89. The molecular formula is C16H24N4O4S. The van der Waals surface area contributed by atoms with Crippen molar-refractivity contribution in [3.05, 3.63) is 5.01 Å². The van der Waals surface area contributed by atoms with E-state index in [1.807, 2.05) is 6.92 Å². The van der Waals surface area contributed by atoms with Gasteiger partial charge >= 0.3 is 0 Å². The predicted octanol–water partition coefficient (Wildman–Crippen LogP) is 1.11. The molecule has 1 aromatic rings. The van der Waals surface area contributed by atoms with E-state index in [1.165, 1.54) is 11.3 Å². The lowest BCUT2D eigenvalue weighted by atomic mass is 10.1. The number of rotatable bonds is 9. The van der Waals surface area contributed by atoms with Crippen LogP contribution in [0.5, 0.6) is 0 Å². The number of aromatic nitrogens is 2. The van der Waals surface area contributed by atoms with Gasteiger partial charge in [0.25, 0.3) is 0 Å². The topological polar surface area (TPSA) is 93.7 Å². The van der Waals surface area contributed by atoms with E-state index in [2.05, 4.69) is 15.5 Å². The summed E-state index contributed by atoms with van der Waals surface area (Å²) >= 11 is 1.33. The highest BCUT2D eigenvalue weighted by molar-refractivity contribution is 7.15. The van der Waals surface area contributed by atoms with Crippen LogP contribution in [0.15, 0.2) is 0 Å². The highest BCUT2D eigenvalue weighted by Crippen LogP contribution is 2.39. The van der Waals surface area contributed by atoms with Crippen LogP contribution < -0.4 is 10.2 Å². The molecule has 25 heavy (non-hydrogen) atoms. The number of methoxy groups -OCH3 is 1. The van der Waals surface area contributed by atoms with Crippen LogP contribution in [0.2, 0.25) is 0 Å². The molecule has 0 radical (unpaired) electrons. The average molecular weight is 368 g/mol. The smallest absolute Gasteiger partial charge is 0.229 e. The molecule has 2 amide bonds. The first-order valence-electron chi connectivity index (χ1n) is 8.58. The Hall–Kier alpha value is -1.58. The Balaban J connectivity index is 1.56. The van der Waals surface area contributed by atoms with E-state index in [9.17, 15) is 9.59 Å². The molecule has 1 aromatic heterocycles. The van der Waals surface area contributed by atoms with Gasteiger partial charge in [-0.05, 0) is 26.2 Å². The molecule has 1 saturated heterocycles. The number of ether oxygens (including phenoxy) is 2. The Morgan fingerprint density at radius 3 is 2.92 bits per heavy atom. The van der Waals surface area contributed by atoms with Gasteiger partial charge in [-0.3, -0.25) is 14.5 Å². The first-order chi connectivity index (χ1) is 12.1. The van der Waals surface area contributed by atoms with Crippen LogP contribution in [0.1, 0.15) is 37.6 Å². The SMILES string of the molecule is CCOCc1nnc(N2CC(C(=O)NC3(CCOC)CC3)CC2=O)s1. The first-order valence-corrected chi connectivity index (χ1v) is 9.40. The quantitative estimate of drug-likeness (QED) is 0.702. The monoisotopic (exact) mass is 368 g/mol. The fraction of sp³-hybridized carbons (Fsp3) is 0.750. The molecule has 2 fully saturated rings. The van der Waals surface area contributed by atoms with Crippen LogP contribution >= 0.6 is 11.3 Å². The van der Waals surface area contributed by atoms with Crippen LogP contribution in [-0.2, 0) is 25.7 Å². The van der Waals surface area contributed by atoms with Gasteiger partial charge in [0.05, 0.1) is 5.92 Å². The minimum atomic E-state index is -0.341. The van der Waals surface area contributed by atoms with Crippen LogP contribution in [0.3, 0.4) is 0 Å². The van der Waals surface area contributed by atoms with Crippen LogP contribution in [0, 0.1) is 5.92 Å². The van der Waals surface area contributed by atoms with Crippen molar-refractivity contribution in [3.8, 4) is 0 Å². The summed E-state index contributed by atoms with van der Waals surface area (Å²) in [5.41, 5.74) is -0.128. The lowest BCUT2D eigenvalue weighted by molar-refractivity contribution is -0.127. The molecule has 1 aliphatic carbocycles. The van der Waals surface area contributed by atoms with Gasteiger partial charge in [0, 0.05) is 38.8 Å². The maximum atomic E-state index is 12.5. The number of amides is 2. The van der Waals surface area contributed by atoms with Gasteiger partial charge in [0.15, 0.2) is 0 Å². The van der Waals surface area contributed by atoms with Gasteiger partial charge in [-0.15, -0.1) is 10.2 Å². The number of carbonyl (C=O) groups is 2. The molecule has 9 heteroatoms. The van der Waals surface area contributed by atoms with Crippen molar-refractivity contribution < 1.29 is 19.1 Å². The van der Waals surface area contributed by atoms with Gasteiger partial charge < -0.3 is 14.8 Å². The molecular weight excluding hydrogens is 344 g/mol. The van der Waals surface area contributed by atoms with Crippen molar-refractivity contribution in [1.29, 1.82) is 0 Å². The molecule has 0 spiro atoms. The van der Waals surface area contributed by atoms with Crippen molar-refractivity contribution in [1.82, 2.24) is 15.5 Å². The predicted molar refractivity (Wildman–Crippen MR) is 92.3 cm³/mol. The molecule has 1 saturated carbocycles. The standard InChI is InChI=1S/C16H24N4O4S/c1-3-24-10-12-18-19-15(25-12)20-9-11(8-13(20)21)14(22)17-16(4-5-16)6-7-23-2/h11H,3-10H2,1-2H3,(H,17,22). The van der Waals surface area contributed by atoms with Gasteiger partial charge in [0.2, 0.25) is 16.9 Å². The lowest BCUT2D eigenvalue weighted by Crippen LogP contribution is -2.42. The lowest BCUT2D eigenvalue weighted by Gasteiger charge is -2.19. The first kappa shape index (κ1) is 18.2. The molecule has 1 atom stereocenters. The molecule has 1 aliphatic heterocycles. The van der Waals surface area contributed by atoms with E-state index in [-0.39, 0.29) is 29.7 Å². The maximum absolute atomic E-state index is 12.5. The fourth-order valence-electron chi connectivity index (χ4n) is 2.92. The Morgan fingerprint density at radius 1 is 1.44 bits per heavy atom. The van der Waals surface area contributed by atoms with E-state index >= 15 is 0 Å². The second kappa shape index (κ2) is 7.76. The molecule has 1 N–H and O–H groups in total. The second-order valence-corrected chi connectivity index (χ2v) is 7.57. The Morgan fingerprint density at radius 2 is 2.24 bits per heavy atom. The number of nitrogens with zero attached hydrogens (tertiary/aromatic N) is 3. The summed E-state index contributed by atoms with van der Waals surface area (Å²) < 4.78 is 10.4. The van der Waals surface area contributed by atoms with Gasteiger partial charge in [-0.25, -0.2) is 0 Å². The highest BCUT2D eigenvalue weighted by atomic mass is 32.1. The largest absolute Gasteiger partial charge is 0.385 e.